The Morgan fingerprint density at radius 1 is 1.41 bits per heavy atom. The van der Waals surface area contributed by atoms with E-state index in [-0.39, 0.29) is 31.2 Å². The lowest BCUT2D eigenvalue weighted by Crippen LogP contribution is -2.25. The molecule has 1 rings (SSSR count). The molecule has 1 aromatic carbocycles. The van der Waals surface area contributed by atoms with Crippen LogP contribution in [0.3, 0.4) is 0 Å². The van der Waals surface area contributed by atoms with Gasteiger partial charge >= 0.3 is 6.61 Å². The van der Waals surface area contributed by atoms with Crippen molar-refractivity contribution in [2.45, 2.75) is 19.6 Å². The Bertz CT molecular complexity index is 372. The van der Waals surface area contributed by atoms with E-state index in [1.165, 1.54) is 6.07 Å². The van der Waals surface area contributed by atoms with E-state index in [4.69, 9.17) is 5.73 Å². The summed E-state index contributed by atoms with van der Waals surface area (Å²) >= 11 is 0. The van der Waals surface area contributed by atoms with Crippen LogP contribution in [0.4, 0.5) is 8.78 Å². The first-order valence-corrected chi connectivity index (χ1v) is 5.13. The molecule has 0 bridgehead atoms. The molecule has 4 nitrogen and oxygen atoms in total. The number of halogens is 2. The Labute approximate surface area is 97.8 Å². The maximum Gasteiger partial charge on any atom is 0.387 e. The number of amides is 1. The minimum atomic E-state index is -2.88. The van der Waals surface area contributed by atoms with Gasteiger partial charge in [-0.3, -0.25) is 4.79 Å². The summed E-state index contributed by atoms with van der Waals surface area (Å²) in [5.74, 6) is -0.158. The normalized spacial score (nSPS) is 10.4. The van der Waals surface area contributed by atoms with Gasteiger partial charge in [-0.05, 0) is 6.07 Å². The zero-order valence-electron chi connectivity index (χ0n) is 9.16. The lowest BCUT2D eigenvalue weighted by molar-refractivity contribution is -0.121. The lowest BCUT2D eigenvalue weighted by atomic mass is 10.2. The molecule has 0 atom stereocenters. The number of ether oxygens (including phenoxy) is 1. The van der Waals surface area contributed by atoms with E-state index in [0.717, 1.165) is 0 Å². The third kappa shape index (κ3) is 4.78. The average Bonchev–Trinajstić information content (AvgIpc) is 2.27. The van der Waals surface area contributed by atoms with Crippen molar-refractivity contribution in [3.8, 4) is 5.75 Å². The highest BCUT2D eigenvalue weighted by molar-refractivity contribution is 5.76. The number of alkyl halides is 2. The largest absolute Gasteiger partial charge is 0.434 e. The van der Waals surface area contributed by atoms with Crippen molar-refractivity contribution in [3.05, 3.63) is 29.8 Å². The highest BCUT2D eigenvalue weighted by Gasteiger charge is 2.09. The molecule has 6 heteroatoms. The van der Waals surface area contributed by atoms with E-state index in [9.17, 15) is 13.6 Å². The Kier molecular flexibility index (Phi) is 5.35. The van der Waals surface area contributed by atoms with Gasteiger partial charge in [-0.2, -0.15) is 8.78 Å². The van der Waals surface area contributed by atoms with E-state index >= 15 is 0 Å². The summed E-state index contributed by atoms with van der Waals surface area (Å²) < 4.78 is 28.5. The van der Waals surface area contributed by atoms with Gasteiger partial charge in [0.05, 0.1) is 0 Å². The van der Waals surface area contributed by atoms with Crippen LogP contribution in [0.1, 0.15) is 12.0 Å². The lowest BCUT2D eigenvalue weighted by Gasteiger charge is -2.11. The van der Waals surface area contributed by atoms with Crippen molar-refractivity contribution in [3.63, 3.8) is 0 Å². The van der Waals surface area contributed by atoms with Crippen molar-refractivity contribution in [1.82, 2.24) is 5.32 Å². The Morgan fingerprint density at radius 2 is 2.12 bits per heavy atom. The summed E-state index contributed by atoms with van der Waals surface area (Å²) in [5, 5.41) is 2.57. The van der Waals surface area contributed by atoms with E-state index in [1.54, 1.807) is 18.2 Å². The monoisotopic (exact) mass is 244 g/mol. The predicted octanol–water partition coefficient (Wildman–Crippen LogP) is 1.25. The standard InChI is InChI=1S/C11H14F2N2O2/c12-11(13)17-9-4-2-1-3-8(9)7-15-10(16)5-6-14/h1-4,11H,5-7,14H2,(H,15,16). The summed E-state index contributed by atoms with van der Waals surface area (Å²) in [6.45, 7) is -2.49. The molecule has 0 aliphatic carbocycles. The highest BCUT2D eigenvalue weighted by Crippen LogP contribution is 2.19. The van der Waals surface area contributed by atoms with Gasteiger partial charge in [0.2, 0.25) is 5.91 Å². The molecule has 1 amide bonds. The minimum Gasteiger partial charge on any atom is -0.434 e. The number of carbonyl (C=O) groups is 1. The molecule has 94 valence electrons. The fraction of sp³-hybridized carbons (Fsp3) is 0.364. The van der Waals surface area contributed by atoms with Gasteiger partial charge in [0.25, 0.3) is 0 Å². The number of benzene rings is 1. The topological polar surface area (TPSA) is 64.4 Å². The first-order valence-electron chi connectivity index (χ1n) is 5.13. The Hall–Kier alpha value is -1.69. The third-order valence-corrected chi connectivity index (χ3v) is 2.04. The van der Waals surface area contributed by atoms with Crippen LogP contribution < -0.4 is 15.8 Å². The maximum atomic E-state index is 12.1. The molecule has 0 spiro atoms. The molecular formula is C11H14F2N2O2. The molecule has 0 heterocycles. The molecule has 0 unspecified atom stereocenters. The van der Waals surface area contributed by atoms with Crippen molar-refractivity contribution in [2.24, 2.45) is 5.73 Å². The SMILES string of the molecule is NCCC(=O)NCc1ccccc1OC(F)F. The van der Waals surface area contributed by atoms with Crippen molar-refractivity contribution >= 4 is 5.91 Å². The molecule has 0 aliphatic rings. The van der Waals surface area contributed by atoms with Crippen molar-refractivity contribution in [2.75, 3.05) is 6.54 Å². The third-order valence-electron chi connectivity index (χ3n) is 2.04. The summed E-state index contributed by atoms with van der Waals surface area (Å²) in [6.07, 6.45) is 0.206. The van der Waals surface area contributed by atoms with Crippen LogP contribution in [0.5, 0.6) is 5.75 Å². The van der Waals surface area contributed by atoms with Crippen LogP contribution in [-0.2, 0) is 11.3 Å². The number of nitrogens with two attached hydrogens (primary N) is 1. The quantitative estimate of drug-likeness (QED) is 0.791. The van der Waals surface area contributed by atoms with Crippen molar-refractivity contribution in [1.29, 1.82) is 0 Å². The number of hydrogen-bond donors (Lipinski definition) is 2. The smallest absolute Gasteiger partial charge is 0.387 e. The number of carbonyl (C=O) groups excluding carboxylic acids is 1. The predicted molar refractivity (Wildman–Crippen MR) is 58.6 cm³/mol. The summed E-state index contributed by atoms with van der Waals surface area (Å²) in [6, 6.07) is 6.31. The Morgan fingerprint density at radius 3 is 2.76 bits per heavy atom. The first-order chi connectivity index (χ1) is 8.13. The number of rotatable bonds is 6. The van der Waals surface area contributed by atoms with Crippen LogP contribution in [-0.4, -0.2) is 19.1 Å². The van der Waals surface area contributed by atoms with Crippen LogP contribution >= 0.6 is 0 Å². The summed E-state index contributed by atoms with van der Waals surface area (Å²) in [7, 11) is 0. The fourth-order valence-electron chi connectivity index (χ4n) is 1.27. The van der Waals surface area contributed by atoms with E-state index in [1.807, 2.05) is 0 Å². The molecule has 3 N–H and O–H groups in total. The van der Waals surface area contributed by atoms with Crippen LogP contribution in [0.15, 0.2) is 24.3 Å². The molecule has 0 radical (unpaired) electrons. The van der Waals surface area contributed by atoms with Gasteiger partial charge in [-0.25, -0.2) is 0 Å². The second-order valence-corrected chi connectivity index (χ2v) is 3.30. The van der Waals surface area contributed by atoms with Gasteiger partial charge in [0.1, 0.15) is 5.75 Å². The molecule has 1 aromatic rings. The van der Waals surface area contributed by atoms with Gasteiger partial charge < -0.3 is 15.8 Å². The maximum absolute atomic E-state index is 12.1. The second kappa shape index (κ2) is 6.80. The van der Waals surface area contributed by atoms with Gasteiger partial charge in [-0.1, -0.05) is 18.2 Å². The zero-order chi connectivity index (χ0) is 12.7. The van der Waals surface area contributed by atoms with Crippen LogP contribution in [0, 0.1) is 0 Å². The highest BCUT2D eigenvalue weighted by atomic mass is 19.3. The molecule has 0 saturated heterocycles. The number of nitrogens with one attached hydrogen (secondary N) is 1. The second-order valence-electron chi connectivity index (χ2n) is 3.30. The molecule has 0 fully saturated rings. The van der Waals surface area contributed by atoms with E-state index in [0.29, 0.717) is 5.56 Å². The minimum absolute atomic E-state index is 0.0653. The molecule has 0 saturated carbocycles. The van der Waals surface area contributed by atoms with Gasteiger partial charge in [0, 0.05) is 25.1 Å². The van der Waals surface area contributed by atoms with E-state index < -0.39 is 6.61 Å². The van der Waals surface area contributed by atoms with Gasteiger partial charge in [0.15, 0.2) is 0 Å². The zero-order valence-corrected chi connectivity index (χ0v) is 9.16. The number of para-hydroxylation sites is 1. The Balaban J connectivity index is 2.60. The first kappa shape index (κ1) is 13.4. The molecular weight excluding hydrogens is 230 g/mol. The average molecular weight is 244 g/mol. The van der Waals surface area contributed by atoms with Crippen molar-refractivity contribution < 1.29 is 18.3 Å². The van der Waals surface area contributed by atoms with Gasteiger partial charge in [-0.15, -0.1) is 0 Å². The van der Waals surface area contributed by atoms with Crippen LogP contribution in [0.2, 0.25) is 0 Å². The molecule has 0 aliphatic heterocycles. The van der Waals surface area contributed by atoms with Crippen LogP contribution in [0.25, 0.3) is 0 Å². The number of hydrogen-bond acceptors (Lipinski definition) is 3. The summed E-state index contributed by atoms with van der Waals surface area (Å²) in [4.78, 5) is 11.2. The fourth-order valence-corrected chi connectivity index (χ4v) is 1.27. The molecule has 17 heavy (non-hydrogen) atoms. The van der Waals surface area contributed by atoms with E-state index in [2.05, 4.69) is 10.1 Å². The summed E-state index contributed by atoms with van der Waals surface area (Å²) in [5.41, 5.74) is 5.71. The molecule has 0 aromatic heterocycles.